The fraction of sp³-hybridized carbons (Fsp3) is 0.917. The summed E-state index contributed by atoms with van der Waals surface area (Å²) in [4.78, 5) is 11.8. The third kappa shape index (κ3) is 4.64. The summed E-state index contributed by atoms with van der Waals surface area (Å²) in [5.74, 6) is 1.72. The predicted molar refractivity (Wildman–Crippen MR) is 61.0 cm³/mol. The maximum Gasteiger partial charge on any atom is 0.223 e. The number of carbonyl (C=O) groups is 1. The molecule has 0 atom stereocenters. The molecule has 0 unspecified atom stereocenters. The summed E-state index contributed by atoms with van der Waals surface area (Å²) in [6, 6.07) is 0. The van der Waals surface area contributed by atoms with Crippen molar-refractivity contribution < 1.29 is 4.79 Å². The molecule has 0 spiro atoms. The Morgan fingerprint density at radius 1 is 1.00 bits per heavy atom. The number of hydrogen-bond acceptors (Lipinski definition) is 1. The average Bonchev–Trinajstić information content (AvgIpc) is 1.99. The zero-order chi connectivity index (χ0) is 11.3. The molecule has 84 valence electrons. The lowest BCUT2D eigenvalue weighted by atomic mass is 9.85. The predicted octanol–water partition coefficient (Wildman–Crippen LogP) is 2.69. The minimum Gasteiger partial charge on any atom is -0.356 e. The van der Waals surface area contributed by atoms with E-state index >= 15 is 0 Å². The summed E-state index contributed by atoms with van der Waals surface area (Å²) in [7, 11) is 0. The van der Waals surface area contributed by atoms with E-state index in [1.807, 2.05) is 0 Å². The molecule has 0 heterocycles. The maximum atomic E-state index is 11.8. The van der Waals surface area contributed by atoms with E-state index in [2.05, 4.69) is 46.9 Å². The van der Waals surface area contributed by atoms with Gasteiger partial charge in [-0.1, -0.05) is 41.5 Å². The number of hydrogen-bond donors (Lipinski definition) is 1. The second-order valence-electron chi connectivity index (χ2n) is 5.15. The first-order chi connectivity index (χ1) is 6.36. The third-order valence-electron chi connectivity index (χ3n) is 2.42. The molecule has 2 heteroatoms. The number of amides is 1. The van der Waals surface area contributed by atoms with Crippen LogP contribution in [-0.4, -0.2) is 12.5 Å². The van der Waals surface area contributed by atoms with Crippen LogP contribution in [0, 0.1) is 23.7 Å². The van der Waals surface area contributed by atoms with Crippen LogP contribution in [0.5, 0.6) is 0 Å². The van der Waals surface area contributed by atoms with E-state index in [9.17, 15) is 4.79 Å². The Labute approximate surface area is 88.5 Å². The van der Waals surface area contributed by atoms with Gasteiger partial charge in [0.25, 0.3) is 0 Å². The smallest absolute Gasteiger partial charge is 0.223 e. The largest absolute Gasteiger partial charge is 0.356 e. The van der Waals surface area contributed by atoms with Gasteiger partial charge in [0.2, 0.25) is 5.91 Å². The first-order valence-electron chi connectivity index (χ1n) is 5.64. The van der Waals surface area contributed by atoms with E-state index in [-0.39, 0.29) is 11.8 Å². The van der Waals surface area contributed by atoms with Gasteiger partial charge in [0, 0.05) is 12.5 Å². The van der Waals surface area contributed by atoms with Crippen molar-refractivity contribution in [1.29, 1.82) is 0 Å². The summed E-state index contributed by atoms with van der Waals surface area (Å²) in [5, 5.41) is 3.01. The lowest BCUT2D eigenvalue weighted by Crippen LogP contribution is -2.38. The molecular weight excluding hydrogens is 174 g/mol. The Morgan fingerprint density at radius 2 is 1.43 bits per heavy atom. The third-order valence-corrected chi connectivity index (χ3v) is 2.42. The lowest BCUT2D eigenvalue weighted by molar-refractivity contribution is -0.128. The Bertz CT molecular complexity index is 165. The van der Waals surface area contributed by atoms with Gasteiger partial charge >= 0.3 is 0 Å². The van der Waals surface area contributed by atoms with Crippen LogP contribution < -0.4 is 5.32 Å². The Kier molecular flexibility index (Phi) is 5.82. The molecule has 0 saturated heterocycles. The molecule has 1 amide bonds. The highest BCUT2D eigenvalue weighted by Crippen LogP contribution is 2.20. The minimum absolute atomic E-state index is 0.147. The van der Waals surface area contributed by atoms with Crippen molar-refractivity contribution >= 4 is 5.91 Å². The van der Waals surface area contributed by atoms with Gasteiger partial charge in [-0.2, -0.15) is 0 Å². The van der Waals surface area contributed by atoms with Gasteiger partial charge in [-0.15, -0.1) is 0 Å². The van der Waals surface area contributed by atoms with Gasteiger partial charge in [-0.3, -0.25) is 4.79 Å². The molecule has 14 heavy (non-hydrogen) atoms. The molecule has 0 aliphatic rings. The van der Waals surface area contributed by atoms with Crippen LogP contribution in [0.2, 0.25) is 0 Å². The molecule has 0 bridgehead atoms. The van der Waals surface area contributed by atoms with Crippen molar-refractivity contribution in [2.24, 2.45) is 23.7 Å². The fourth-order valence-electron chi connectivity index (χ4n) is 1.80. The minimum atomic E-state index is 0.147. The van der Waals surface area contributed by atoms with E-state index in [0.717, 1.165) is 6.54 Å². The molecule has 2 nitrogen and oxygen atoms in total. The van der Waals surface area contributed by atoms with E-state index < -0.39 is 0 Å². The van der Waals surface area contributed by atoms with Crippen molar-refractivity contribution in [3.8, 4) is 0 Å². The van der Waals surface area contributed by atoms with Crippen LogP contribution in [0.15, 0.2) is 0 Å². The van der Waals surface area contributed by atoms with Crippen molar-refractivity contribution in [2.75, 3.05) is 6.54 Å². The highest BCUT2D eigenvalue weighted by atomic mass is 16.1. The second-order valence-corrected chi connectivity index (χ2v) is 5.15. The Balaban J connectivity index is 4.17. The summed E-state index contributed by atoms with van der Waals surface area (Å²) >= 11 is 0. The highest BCUT2D eigenvalue weighted by Gasteiger charge is 2.24. The van der Waals surface area contributed by atoms with Crippen LogP contribution >= 0.6 is 0 Å². The van der Waals surface area contributed by atoms with Gasteiger partial charge in [-0.05, 0) is 17.8 Å². The molecule has 0 rings (SSSR count). The maximum absolute atomic E-state index is 11.8. The molecule has 0 saturated carbocycles. The van der Waals surface area contributed by atoms with E-state index in [4.69, 9.17) is 0 Å². The molecular formula is C12H25NO. The molecule has 0 aromatic rings. The number of nitrogens with one attached hydrogen (secondary N) is 1. The zero-order valence-electron chi connectivity index (χ0n) is 10.4. The fourth-order valence-corrected chi connectivity index (χ4v) is 1.80. The van der Waals surface area contributed by atoms with Gasteiger partial charge in [0.15, 0.2) is 0 Å². The van der Waals surface area contributed by atoms with Crippen molar-refractivity contribution in [3.05, 3.63) is 0 Å². The molecule has 0 radical (unpaired) electrons. The normalized spacial score (nSPS) is 11.9. The van der Waals surface area contributed by atoms with Crippen LogP contribution in [0.4, 0.5) is 0 Å². The van der Waals surface area contributed by atoms with Gasteiger partial charge in [0.05, 0.1) is 0 Å². The standard InChI is InChI=1S/C12H25NO/c1-8(2)7-13-12(14)11(9(3)4)10(5)6/h8-11H,7H2,1-6H3,(H,13,14). The number of carbonyl (C=O) groups excluding carboxylic acids is 1. The van der Waals surface area contributed by atoms with Gasteiger partial charge < -0.3 is 5.32 Å². The zero-order valence-corrected chi connectivity index (χ0v) is 10.4. The average molecular weight is 199 g/mol. The van der Waals surface area contributed by atoms with E-state index in [1.54, 1.807) is 0 Å². The summed E-state index contributed by atoms with van der Waals surface area (Å²) in [6.07, 6.45) is 0. The monoisotopic (exact) mass is 199 g/mol. The molecule has 0 fully saturated rings. The first-order valence-corrected chi connectivity index (χ1v) is 5.64. The quantitative estimate of drug-likeness (QED) is 0.724. The molecule has 0 aromatic heterocycles. The molecule has 0 aliphatic heterocycles. The number of rotatable bonds is 5. The van der Waals surface area contributed by atoms with Crippen LogP contribution in [0.3, 0.4) is 0 Å². The van der Waals surface area contributed by atoms with Gasteiger partial charge in [-0.25, -0.2) is 0 Å². The van der Waals surface area contributed by atoms with Crippen LogP contribution in [-0.2, 0) is 4.79 Å². The summed E-state index contributed by atoms with van der Waals surface area (Å²) < 4.78 is 0. The van der Waals surface area contributed by atoms with E-state index in [1.165, 1.54) is 0 Å². The second kappa shape index (κ2) is 6.05. The lowest BCUT2D eigenvalue weighted by Gasteiger charge is -2.24. The summed E-state index contributed by atoms with van der Waals surface area (Å²) in [6.45, 7) is 13.5. The SMILES string of the molecule is CC(C)CNC(=O)C(C(C)C)C(C)C. The first kappa shape index (κ1) is 13.5. The highest BCUT2D eigenvalue weighted by molar-refractivity contribution is 5.79. The van der Waals surface area contributed by atoms with Crippen molar-refractivity contribution in [3.63, 3.8) is 0 Å². The van der Waals surface area contributed by atoms with Crippen molar-refractivity contribution in [1.82, 2.24) is 5.32 Å². The van der Waals surface area contributed by atoms with Crippen LogP contribution in [0.1, 0.15) is 41.5 Å². The molecule has 1 N–H and O–H groups in total. The van der Waals surface area contributed by atoms with Gasteiger partial charge in [0.1, 0.15) is 0 Å². The Morgan fingerprint density at radius 3 is 1.71 bits per heavy atom. The van der Waals surface area contributed by atoms with Crippen molar-refractivity contribution in [2.45, 2.75) is 41.5 Å². The molecule has 0 aromatic carbocycles. The topological polar surface area (TPSA) is 29.1 Å². The summed E-state index contributed by atoms with van der Waals surface area (Å²) in [5.41, 5.74) is 0. The van der Waals surface area contributed by atoms with E-state index in [0.29, 0.717) is 17.8 Å². The molecule has 0 aliphatic carbocycles. The van der Waals surface area contributed by atoms with Crippen LogP contribution in [0.25, 0.3) is 0 Å². The Hall–Kier alpha value is -0.530.